The summed E-state index contributed by atoms with van der Waals surface area (Å²) >= 11 is 1.69. The van der Waals surface area contributed by atoms with Crippen molar-refractivity contribution in [3.05, 3.63) is 46.5 Å². The minimum absolute atomic E-state index is 0.230. The minimum Gasteiger partial charge on any atom is -0.496 e. The number of aryl methyl sites for hydroxylation is 1. The number of fused-ring (bicyclic) bond motifs is 1. The number of aromatic nitrogens is 1. The van der Waals surface area contributed by atoms with Gasteiger partial charge in [-0.3, -0.25) is 4.79 Å². The van der Waals surface area contributed by atoms with Crippen molar-refractivity contribution in [3.63, 3.8) is 0 Å². The number of benzene rings is 1. The zero-order chi connectivity index (χ0) is 24.6. The molecule has 4 rings (SSSR count). The zero-order valence-electron chi connectivity index (χ0n) is 21.4. The normalized spacial score (nSPS) is 22.4. The topological polar surface area (TPSA) is 68.5 Å². The Balaban J connectivity index is 1.20. The Hall–Kier alpha value is -2.18. The summed E-state index contributed by atoms with van der Waals surface area (Å²) in [4.78, 5) is 21.2. The van der Waals surface area contributed by atoms with Crippen molar-refractivity contribution in [2.24, 2.45) is 11.8 Å². The highest BCUT2D eigenvalue weighted by Gasteiger charge is 2.28. The van der Waals surface area contributed by atoms with Gasteiger partial charge in [0.2, 0.25) is 0 Å². The summed E-state index contributed by atoms with van der Waals surface area (Å²) in [6.07, 6.45) is 15.0. The second-order valence-electron chi connectivity index (χ2n) is 10.3. The van der Waals surface area contributed by atoms with Crippen LogP contribution in [0.5, 0.6) is 5.75 Å². The van der Waals surface area contributed by atoms with Crippen molar-refractivity contribution in [1.29, 1.82) is 0 Å². The van der Waals surface area contributed by atoms with Crippen molar-refractivity contribution in [1.82, 2.24) is 9.88 Å². The lowest BCUT2D eigenvalue weighted by Crippen LogP contribution is -2.41. The smallest absolute Gasteiger partial charge is 0.180 e. The molecule has 1 aromatic heterocycles. The van der Waals surface area contributed by atoms with Crippen molar-refractivity contribution >= 4 is 28.3 Å². The van der Waals surface area contributed by atoms with Crippen molar-refractivity contribution in [2.45, 2.75) is 77.2 Å². The predicted octanol–water partition coefficient (Wildman–Crippen LogP) is 6.17. The number of nitrogens with zero attached hydrogens (tertiary/aromatic N) is 2. The maximum absolute atomic E-state index is 12.6. The first-order valence-corrected chi connectivity index (χ1v) is 14.2. The van der Waals surface area contributed by atoms with Crippen LogP contribution >= 0.6 is 11.3 Å². The minimum atomic E-state index is 0.230. The number of ketones is 1. The van der Waals surface area contributed by atoms with E-state index in [2.05, 4.69) is 16.8 Å². The summed E-state index contributed by atoms with van der Waals surface area (Å²) in [6, 6.07) is 8.45. The van der Waals surface area contributed by atoms with Gasteiger partial charge in [-0.1, -0.05) is 38.0 Å². The Morgan fingerprint density at radius 1 is 1.17 bits per heavy atom. The highest BCUT2D eigenvalue weighted by molar-refractivity contribution is 7.15. The predicted molar refractivity (Wildman–Crippen MR) is 146 cm³/mol. The van der Waals surface area contributed by atoms with Gasteiger partial charge in [-0.05, 0) is 88.1 Å². The number of ether oxygens (including phenoxy) is 1. The fraction of sp³-hybridized carbons (Fsp3) is 0.586. The summed E-state index contributed by atoms with van der Waals surface area (Å²) < 4.78 is 5.38. The molecule has 5 nitrogen and oxygen atoms in total. The van der Waals surface area contributed by atoms with Crippen LogP contribution in [0.15, 0.2) is 30.3 Å². The molecular weight excluding hydrogens is 454 g/mol. The molecule has 2 N–H and O–H groups in total. The summed E-state index contributed by atoms with van der Waals surface area (Å²) in [7, 11) is 1.66. The van der Waals surface area contributed by atoms with Gasteiger partial charge in [-0.2, -0.15) is 0 Å². The summed E-state index contributed by atoms with van der Waals surface area (Å²) in [5.41, 5.74) is 8.15. The van der Waals surface area contributed by atoms with Crippen LogP contribution in [0.2, 0.25) is 0 Å². The molecule has 1 fully saturated rings. The molecule has 6 heteroatoms. The van der Waals surface area contributed by atoms with E-state index < -0.39 is 0 Å². The van der Waals surface area contributed by atoms with E-state index in [1.54, 1.807) is 24.5 Å². The molecule has 1 heterocycles. The molecule has 1 atom stereocenters. The van der Waals surface area contributed by atoms with Crippen molar-refractivity contribution < 1.29 is 9.53 Å². The zero-order valence-corrected chi connectivity index (χ0v) is 22.2. The third-order valence-electron chi connectivity index (χ3n) is 7.83. The largest absolute Gasteiger partial charge is 0.496 e. The number of hydrogen-bond acceptors (Lipinski definition) is 6. The van der Waals surface area contributed by atoms with E-state index in [0.717, 1.165) is 35.2 Å². The maximum Gasteiger partial charge on any atom is 0.180 e. The first-order chi connectivity index (χ1) is 17.1. The van der Waals surface area contributed by atoms with Crippen LogP contribution in [0.4, 0.5) is 5.13 Å². The quantitative estimate of drug-likeness (QED) is 0.377. The molecule has 1 unspecified atom stereocenters. The summed E-state index contributed by atoms with van der Waals surface area (Å²) in [6.45, 7) is 4.66. The standard InChI is InChI=1S/C29H41N3O2S/c1-3-17-32(24-13-15-26-28(20-24)35-29(30)31-26)18-16-21-8-10-22(11-9-21)19-25(33)14-12-23-6-4-5-7-27(23)34-2/h4-7,12,14,21-22,24H,3,8-11,13,15-20H2,1-2H3,(H2,30,31). The van der Waals surface area contributed by atoms with Crippen molar-refractivity contribution in [2.75, 3.05) is 25.9 Å². The van der Waals surface area contributed by atoms with Crippen LogP contribution in [0.25, 0.3) is 6.08 Å². The average Bonchev–Trinajstić information content (AvgIpc) is 3.25. The fourth-order valence-electron chi connectivity index (χ4n) is 5.87. The number of rotatable bonds is 11. The molecule has 1 aromatic carbocycles. The number of nitrogen functional groups attached to an aromatic ring is 1. The van der Waals surface area contributed by atoms with Crippen LogP contribution in [-0.4, -0.2) is 41.9 Å². The van der Waals surface area contributed by atoms with E-state index in [0.29, 0.717) is 18.4 Å². The van der Waals surface area contributed by atoms with Gasteiger partial charge in [0.15, 0.2) is 10.9 Å². The second kappa shape index (κ2) is 12.7. The first-order valence-electron chi connectivity index (χ1n) is 13.4. The molecule has 0 saturated heterocycles. The van der Waals surface area contributed by atoms with Gasteiger partial charge in [-0.25, -0.2) is 4.98 Å². The number of carbonyl (C=O) groups is 1. The summed E-state index contributed by atoms with van der Waals surface area (Å²) in [5, 5.41) is 0.725. The van der Waals surface area contributed by atoms with Gasteiger partial charge in [0, 0.05) is 22.9 Å². The lowest BCUT2D eigenvalue weighted by Gasteiger charge is -2.36. The molecule has 1 saturated carbocycles. The molecule has 0 radical (unpaired) electrons. The van der Waals surface area contributed by atoms with Gasteiger partial charge in [0.1, 0.15) is 5.75 Å². The average molecular weight is 496 g/mol. The third-order valence-corrected chi connectivity index (χ3v) is 8.77. The Bertz CT molecular complexity index is 994. The van der Waals surface area contributed by atoms with Gasteiger partial charge in [0.05, 0.1) is 12.8 Å². The van der Waals surface area contributed by atoms with E-state index >= 15 is 0 Å². The number of anilines is 1. The van der Waals surface area contributed by atoms with Crippen LogP contribution in [0.1, 0.15) is 74.4 Å². The molecule has 0 aliphatic heterocycles. The number of allylic oxidation sites excluding steroid dienone is 1. The fourth-order valence-corrected chi connectivity index (χ4v) is 6.81. The molecule has 2 aliphatic carbocycles. The van der Waals surface area contributed by atoms with Crippen molar-refractivity contribution in [3.8, 4) is 5.75 Å². The Labute approximate surface area is 214 Å². The number of methoxy groups -OCH3 is 1. The molecule has 35 heavy (non-hydrogen) atoms. The molecule has 2 aliphatic rings. The molecule has 190 valence electrons. The second-order valence-corrected chi connectivity index (χ2v) is 11.4. The van der Waals surface area contributed by atoms with E-state index in [1.807, 2.05) is 30.3 Å². The van der Waals surface area contributed by atoms with E-state index in [-0.39, 0.29) is 5.78 Å². The molecule has 0 bridgehead atoms. The highest BCUT2D eigenvalue weighted by atomic mass is 32.1. The van der Waals surface area contributed by atoms with E-state index in [9.17, 15) is 4.79 Å². The van der Waals surface area contributed by atoms with Crippen LogP contribution in [-0.2, 0) is 17.6 Å². The SMILES string of the molecule is CCCN(CCC1CCC(CC(=O)C=Cc2ccccc2OC)CC1)C1CCc2nc(N)sc2C1. The lowest BCUT2D eigenvalue weighted by atomic mass is 9.78. The van der Waals surface area contributed by atoms with Gasteiger partial charge >= 0.3 is 0 Å². The molecule has 0 spiro atoms. The monoisotopic (exact) mass is 495 g/mol. The number of hydrogen-bond donors (Lipinski definition) is 1. The van der Waals surface area contributed by atoms with Crippen LogP contribution < -0.4 is 10.5 Å². The van der Waals surface area contributed by atoms with Crippen LogP contribution in [0, 0.1) is 11.8 Å². The molecule has 0 amide bonds. The Kier molecular flexibility index (Phi) is 9.38. The van der Waals surface area contributed by atoms with E-state index in [4.69, 9.17) is 10.5 Å². The number of para-hydroxylation sites is 1. The lowest BCUT2D eigenvalue weighted by molar-refractivity contribution is -0.115. The van der Waals surface area contributed by atoms with Crippen LogP contribution in [0.3, 0.4) is 0 Å². The van der Waals surface area contributed by atoms with E-state index in [1.165, 1.54) is 68.6 Å². The van der Waals surface area contributed by atoms with Gasteiger partial charge < -0.3 is 15.4 Å². The molecule has 2 aromatic rings. The Morgan fingerprint density at radius 3 is 2.71 bits per heavy atom. The highest BCUT2D eigenvalue weighted by Crippen LogP contribution is 2.34. The Morgan fingerprint density at radius 2 is 1.94 bits per heavy atom. The first kappa shape index (κ1) is 25.9. The van der Waals surface area contributed by atoms with Gasteiger partial charge in [-0.15, -0.1) is 11.3 Å². The third kappa shape index (κ3) is 7.17. The number of thiazole rings is 1. The number of carbonyl (C=O) groups excluding carboxylic acids is 1. The summed E-state index contributed by atoms with van der Waals surface area (Å²) in [5.74, 6) is 2.36. The molecular formula is C29H41N3O2S. The number of nitrogens with two attached hydrogens (primary N) is 1. The van der Waals surface area contributed by atoms with Gasteiger partial charge in [0.25, 0.3) is 0 Å². The maximum atomic E-state index is 12.6.